The molecule has 2 aromatic rings. The number of piperidine rings is 1. The van der Waals surface area contributed by atoms with Crippen LogP contribution in [0.3, 0.4) is 0 Å². The third-order valence-electron chi connectivity index (χ3n) is 5.40. The monoisotopic (exact) mass is 491 g/mol. The third kappa shape index (κ3) is 6.61. The van der Waals surface area contributed by atoms with Crippen molar-refractivity contribution in [2.24, 2.45) is 5.92 Å². The molecule has 0 spiro atoms. The molecule has 3 rings (SSSR count). The van der Waals surface area contributed by atoms with E-state index in [4.69, 9.17) is 0 Å². The Bertz CT molecular complexity index is 996. The molecule has 1 saturated heterocycles. The molecule has 0 atom stereocenters. The molecule has 0 aromatic heterocycles. The van der Waals surface area contributed by atoms with E-state index in [0.717, 1.165) is 0 Å². The summed E-state index contributed by atoms with van der Waals surface area (Å²) in [5.41, 5.74) is -3.45. The number of hydrogen-bond acceptors (Lipinski definition) is 2. The topological polar surface area (TPSA) is 61.4 Å². The number of amides is 3. The lowest BCUT2D eigenvalue weighted by Crippen LogP contribution is -2.43. The Hall–Kier alpha value is -3.31. The number of alkyl halides is 6. The predicted octanol–water partition coefficient (Wildman–Crippen LogP) is 5.54. The molecule has 2 N–H and O–H groups in total. The Kier molecular flexibility index (Phi) is 7.37. The van der Waals surface area contributed by atoms with Crippen molar-refractivity contribution >= 4 is 17.6 Å². The first kappa shape index (κ1) is 25.3. The third-order valence-corrected chi connectivity index (χ3v) is 5.40. The van der Waals surface area contributed by atoms with E-state index >= 15 is 0 Å². The van der Waals surface area contributed by atoms with E-state index < -0.39 is 46.8 Å². The van der Waals surface area contributed by atoms with Gasteiger partial charge in [-0.25, -0.2) is 9.18 Å². The van der Waals surface area contributed by atoms with Gasteiger partial charge < -0.3 is 15.5 Å². The van der Waals surface area contributed by atoms with E-state index in [0.29, 0.717) is 43.8 Å². The largest absolute Gasteiger partial charge is 0.416 e. The Labute approximate surface area is 189 Å². The molecular weight excluding hydrogens is 471 g/mol. The Morgan fingerprint density at radius 2 is 1.41 bits per heavy atom. The molecule has 1 aliphatic heterocycles. The van der Waals surface area contributed by atoms with E-state index in [1.165, 1.54) is 29.2 Å². The maximum absolute atomic E-state index is 13.0. The van der Waals surface area contributed by atoms with Crippen molar-refractivity contribution < 1.29 is 40.3 Å². The van der Waals surface area contributed by atoms with E-state index in [1.807, 2.05) is 0 Å². The summed E-state index contributed by atoms with van der Waals surface area (Å²) in [5, 5.41) is 5.01. The van der Waals surface area contributed by atoms with Gasteiger partial charge in [-0.15, -0.1) is 0 Å². The average molecular weight is 491 g/mol. The molecule has 0 radical (unpaired) electrons. The van der Waals surface area contributed by atoms with Crippen molar-refractivity contribution in [3.05, 3.63) is 65.0 Å². The number of hydrogen-bond donors (Lipinski definition) is 2. The quantitative estimate of drug-likeness (QED) is 0.552. The van der Waals surface area contributed by atoms with Crippen LogP contribution < -0.4 is 10.6 Å². The van der Waals surface area contributed by atoms with Crippen LogP contribution in [0.15, 0.2) is 42.5 Å². The average Bonchev–Trinajstić information content (AvgIpc) is 2.78. The van der Waals surface area contributed by atoms with Crippen molar-refractivity contribution in [1.82, 2.24) is 10.2 Å². The minimum atomic E-state index is -5.04. The molecule has 12 heteroatoms. The van der Waals surface area contributed by atoms with Crippen LogP contribution in [0.4, 0.5) is 41.2 Å². The van der Waals surface area contributed by atoms with E-state index in [9.17, 15) is 40.3 Å². The first-order valence-electron chi connectivity index (χ1n) is 10.2. The summed E-state index contributed by atoms with van der Waals surface area (Å²) in [7, 11) is 0. The van der Waals surface area contributed by atoms with Gasteiger partial charge >= 0.3 is 18.4 Å². The molecule has 1 fully saturated rings. The second kappa shape index (κ2) is 9.90. The summed E-state index contributed by atoms with van der Waals surface area (Å²) in [6.45, 7) is 0.689. The highest BCUT2D eigenvalue weighted by Crippen LogP contribution is 2.36. The summed E-state index contributed by atoms with van der Waals surface area (Å²) in [6, 6.07) is 5.56. The molecule has 34 heavy (non-hydrogen) atoms. The van der Waals surface area contributed by atoms with Crippen LogP contribution in [-0.2, 0) is 12.4 Å². The van der Waals surface area contributed by atoms with Crippen LogP contribution in [0.25, 0.3) is 0 Å². The molecule has 1 aliphatic rings. The van der Waals surface area contributed by atoms with Crippen LogP contribution in [-0.4, -0.2) is 36.5 Å². The van der Waals surface area contributed by atoms with E-state index in [1.54, 1.807) is 0 Å². The number of anilines is 1. The van der Waals surface area contributed by atoms with Crippen molar-refractivity contribution in [3.63, 3.8) is 0 Å². The molecule has 5 nitrogen and oxygen atoms in total. The number of nitrogens with one attached hydrogen (secondary N) is 2. The van der Waals surface area contributed by atoms with Gasteiger partial charge in [-0.3, -0.25) is 4.79 Å². The second-order valence-corrected chi connectivity index (χ2v) is 7.87. The minimum Gasteiger partial charge on any atom is -0.352 e. The van der Waals surface area contributed by atoms with Crippen LogP contribution in [0.2, 0.25) is 0 Å². The van der Waals surface area contributed by atoms with E-state index in [2.05, 4.69) is 10.6 Å². The van der Waals surface area contributed by atoms with Gasteiger partial charge in [0.15, 0.2) is 0 Å². The molecular formula is C22H20F7N3O2. The van der Waals surface area contributed by atoms with E-state index in [-0.39, 0.29) is 18.5 Å². The minimum absolute atomic E-state index is 0.0316. The number of urea groups is 1. The van der Waals surface area contributed by atoms with Gasteiger partial charge in [-0.2, -0.15) is 26.3 Å². The number of nitrogens with zero attached hydrogens (tertiary/aromatic N) is 1. The van der Waals surface area contributed by atoms with Crippen LogP contribution >= 0.6 is 0 Å². The zero-order valence-corrected chi connectivity index (χ0v) is 17.6. The standard InChI is InChI=1S/C22H20F7N3O2/c23-17-1-3-18(4-2-17)31-20(34)32-7-5-13(6-8-32)12-30-19(33)14-9-15(21(24,25)26)11-16(10-14)22(27,28)29/h1-4,9-11,13H,5-8,12H2,(H,30,33)(H,31,34). The Balaban J connectivity index is 1.55. The number of halogens is 7. The summed E-state index contributed by atoms with van der Waals surface area (Å²) in [5.74, 6) is -1.61. The number of carbonyl (C=O) groups excluding carboxylic acids is 2. The lowest BCUT2D eigenvalue weighted by Gasteiger charge is -2.32. The molecule has 184 valence electrons. The maximum atomic E-state index is 13.0. The first-order valence-corrected chi connectivity index (χ1v) is 10.2. The van der Waals surface area contributed by atoms with Gasteiger partial charge in [0.2, 0.25) is 0 Å². The molecule has 3 amide bonds. The maximum Gasteiger partial charge on any atom is 0.416 e. The smallest absolute Gasteiger partial charge is 0.352 e. The SMILES string of the molecule is O=C(NCC1CCN(C(=O)Nc2ccc(F)cc2)CC1)c1cc(C(F)(F)F)cc(C(F)(F)F)c1. The highest BCUT2D eigenvalue weighted by atomic mass is 19.4. The molecule has 0 aliphatic carbocycles. The van der Waals surface area contributed by atoms with Gasteiger partial charge in [0.05, 0.1) is 11.1 Å². The molecule has 1 heterocycles. The van der Waals surface area contributed by atoms with Crippen molar-refractivity contribution in [1.29, 1.82) is 0 Å². The zero-order chi connectivity index (χ0) is 25.1. The zero-order valence-electron chi connectivity index (χ0n) is 17.6. The molecule has 0 bridgehead atoms. The number of benzene rings is 2. The number of carbonyl (C=O) groups is 2. The van der Waals surface area contributed by atoms with Crippen LogP contribution in [0.5, 0.6) is 0 Å². The second-order valence-electron chi connectivity index (χ2n) is 7.87. The fourth-order valence-corrected chi connectivity index (χ4v) is 3.50. The van der Waals surface area contributed by atoms with Crippen LogP contribution in [0, 0.1) is 11.7 Å². The Morgan fingerprint density at radius 3 is 1.91 bits per heavy atom. The lowest BCUT2D eigenvalue weighted by atomic mass is 9.96. The van der Waals surface area contributed by atoms with Crippen LogP contribution in [0.1, 0.15) is 34.3 Å². The van der Waals surface area contributed by atoms with Gasteiger partial charge in [0.25, 0.3) is 5.91 Å². The Morgan fingerprint density at radius 1 is 0.882 bits per heavy atom. The summed E-state index contributed by atoms with van der Waals surface area (Å²) in [6.07, 6.45) is -9.16. The number of likely N-dealkylation sites (tertiary alicyclic amines) is 1. The van der Waals surface area contributed by atoms with Crippen molar-refractivity contribution in [3.8, 4) is 0 Å². The highest BCUT2D eigenvalue weighted by Gasteiger charge is 2.37. The first-order chi connectivity index (χ1) is 15.8. The van der Waals surface area contributed by atoms with Gasteiger partial charge in [-0.05, 0) is 61.2 Å². The fraction of sp³-hybridized carbons (Fsp3) is 0.364. The lowest BCUT2D eigenvalue weighted by molar-refractivity contribution is -0.143. The fourth-order valence-electron chi connectivity index (χ4n) is 3.50. The molecule has 0 unspecified atom stereocenters. The number of rotatable bonds is 4. The highest BCUT2D eigenvalue weighted by molar-refractivity contribution is 5.94. The summed E-state index contributed by atoms with van der Waals surface area (Å²) >= 11 is 0. The van der Waals surface area contributed by atoms with Gasteiger partial charge in [-0.1, -0.05) is 0 Å². The van der Waals surface area contributed by atoms with Gasteiger partial charge in [0, 0.05) is 30.9 Å². The summed E-state index contributed by atoms with van der Waals surface area (Å²) < 4.78 is 90.8. The summed E-state index contributed by atoms with van der Waals surface area (Å²) in [4.78, 5) is 26.1. The molecule has 2 aromatic carbocycles. The molecule has 0 saturated carbocycles. The van der Waals surface area contributed by atoms with Crippen molar-refractivity contribution in [2.75, 3.05) is 25.0 Å². The van der Waals surface area contributed by atoms with Gasteiger partial charge in [0.1, 0.15) is 5.82 Å². The predicted molar refractivity (Wildman–Crippen MR) is 108 cm³/mol. The normalized spacial score (nSPS) is 15.2. The van der Waals surface area contributed by atoms with Crippen molar-refractivity contribution in [2.45, 2.75) is 25.2 Å².